The van der Waals surface area contributed by atoms with Crippen molar-refractivity contribution in [3.8, 4) is 5.75 Å². The Balaban J connectivity index is 1.72. The fraction of sp³-hybridized carbons (Fsp3) is 0.400. The van der Waals surface area contributed by atoms with Crippen LogP contribution in [0.3, 0.4) is 0 Å². The number of hydrogen-bond acceptors (Lipinski definition) is 5. The van der Waals surface area contributed by atoms with E-state index in [1.54, 1.807) is 23.4 Å². The fourth-order valence-corrected chi connectivity index (χ4v) is 5.62. The van der Waals surface area contributed by atoms with Crippen LogP contribution < -0.4 is 4.74 Å². The van der Waals surface area contributed by atoms with Crippen molar-refractivity contribution in [2.75, 3.05) is 24.7 Å². The van der Waals surface area contributed by atoms with Crippen LogP contribution in [0.2, 0.25) is 0 Å². The second-order valence-corrected chi connectivity index (χ2v) is 11.1. The maximum Gasteiger partial charge on any atom is 0.243 e. The number of sulfonamides is 1. The molecule has 1 unspecified atom stereocenters. The Bertz CT molecular complexity index is 987. The van der Waals surface area contributed by atoms with Gasteiger partial charge in [-0.15, -0.1) is 0 Å². The van der Waals surface area contributed by atoms with Crippen LogP contribution >= 0.6 is 0 Å². The van der Waals surface area contributed by atoms with Crippen LogP contribution in [0.25, 0.3) is 0 Å². The summed E-state index contributed by atoms with van der Waals surface area (Å²) >= 11 is 0. The maximum absolute atomic E-state index is 13.1. The van der Waals surface area contributed by atoms with Gasteiger partial charge in [-0.2, -0.15) is 4.31 Å². The Morgan fingerprint density at radius 2 is 1.68 bits per heavy atom. The molecular formula is C20H25NO5S2. The Hall–Kier alpha value is -1.90. The first-order valence-electron chi connectivity index (χ1n) is 9.33. The molecule has 1 saturated heterocycles. The van der Waals surface area contributed by atoms with E-state index in [0.717, 1.165) is 18.4 Å². The molecule has 0 radical (unpaired) electrons. The van der Waals surface area contributed by atoms with Gasteiger partial charge in [0.2, 0.25) is 10.0 Å². The second-order valence-electron chi connectivity index (χ2n) is 6.74. The van der Waals surface area contributed by atoms with Crippen molar-refractivity contribution in [1.82, 2.24) is 4.31 Å². The smallest absolute Gasteiger partial charge is 0.243 e. The number of sulfone groups is 1. The molecule has 2 aromatic rings. The van der Waals surface area contributed by atoms with Gasteiger partial charge in [0.15, 0.2) is 9.84 Å². The summed E-state index contributed by atoms with van der Waals surface area (Å²) in [5.74, 6) is 0.466. The van der Waals surface area contributed by atoms with Gasteiger partial charge in [0.05, 0.1) is 16.7 Å². The van der Waals surface area contributed by atoms with Crippen molar-refractivity contribution in [2.24, 2.45) is 0 Å². The number of benzene rings is 2. The summed E-state index contributed by atoms with van der Waals surface area (Å²) in [6.45, 7) is 2.13. The molecule has 1 heterocycles. The monoisotopic (exact) mass is 423 g/mol. The summed E-state index contributed by atoms with van der Waals surface area (Å²) in [5.41, 5.74) is 1.00. The van der Waals surface area contributed by atoms with E-state index in [-0.39, 0.29) is 29.0 Å². The predicted octanol–water partition coefficient (Wildman–Crippen LogP) is 3.03. The Morgan fingerprint density at radius 1 is 1.00 bits per heavy atom. The summed E-state index contributed by atoms with van der Waals surface area (Å²) in [5, 5.41) is 0. The van der Waals surface area contributed by atoms with Gasteiger partial charge in [0, 0.05) is 12.3 Å². The van der Waals surface area contributed by atoms with E-state index in [9.17, 15) is 16.8 Å². The van der Waals surface area contributed by atoms with E-state index in [4.69, 9.17) is 4.74 Å². The van der Waals surface area contributed by atoms with Crippen LogP contribution in [0.4, 0.5) is 0 Å². The van der Waals surface area contributed by atoms with E-state index in [2.05, 4.69) is 0 Å². The van der Waals surface area contributed by atoms with E-state index in [1.807, 2.05) is 30.3 Å². The Morgan fingerprint density at radius 3 is 2.32 bits per heavy atom. The molecule has 2 aromatic carbocycles. The largest absolute Gasteiger partial charge is 0.493 e. The molecule has 152 valence electrons. The molecule has 1 aliphatic heterocycles. The molecular weight excluding hydrogens is 398 g/mol. The highest BCUT2D eigenvalue weighted by Crippen LogP contribution is 2.36. The number of nitrogens with zero attached hydrogens (tertiary/aromatic N) is 1. The minimum atomic E-state index is -3.62. The first kappa shape index (κ1) is 20.8. The van der Waals surface area contributed by atoms with Gasteiger partial charge in [-0.3, -0.25) is 0 Å². The van der Waals surface area contributed by atoms with Crippen molar-refractivity contribution < 1.29 is 21.6 Å². The van der Waals surface area contributed by atoms with E-state index < -0.39 is 19.9 Å². The molecule has 1 fully saturated rings. The molecule has 0 spiro atoms. The van der Waals surface area contributed by atoms with E-state index in [0.29, 0.717) is 12.3 Å². The van der Waals surface area contributed by atoms with Gasteiger partial charge in [0.25, 0.3) is 0 Å². The second kappa shape index (κ2) is 8.63. The van der Waals surface area contributed by atoms with Crippen LogP contribution in [0.5, 0.6) is 5.75 Å². The molecule has 1 aliphatic rings. The van der Waals surface area contributed by atoms with Crippen molar-refractivity contribution in [3.63, 3.8) is 0 Å². The molecule has 6 nitrogen and oxygen atoms in total. The Kier molecular flexibility index (Phi) is 6.42. The van der Waals surface area contributed by atoms with E-state index in [1.165, 1.54) is 12.1 Å². The third-order valence-electron chi connectivity index (χ3n) is 4.92. The van der Waals surface area contributed by atoms with Gasteiger partial charge in [-0.25, -0.2) is 16.8 Å². The SMILES string of the molecule is CCS(=O)(=O)CCOc1ccc(S(=O)(=O)N2CCCC2c2ccccc2)cc1. The van der Waals surface area contributed by atoms with Gasteiger partial charge in [0.1, 0.15) is 12.4 Å². The standard InChI is InChI=1S/C20H25NO5S2/c1-2-27(22,23)16-15-26-18-10-12-19(13-11-18)28(24,25)21-14-6-9-20(21)17-7-4-3-5-8-17/h3-5,7-8,10-13,20H,2,6,9,14-16H2,1H3. The highest BCUT2D eigenvalue weighted by Gasteiger charge is 2.36. The summed E-state index contributed by atoms with van der Waals surface area (Å²) in [6.07, 6.45) is 1.63. The van der Waals surface area contributed by atoms with Crippen molar-refractivity contribution >= 4 is 19.9 Å². The quantitative estimate of drug-likeness (QED) is 0.652. The zero-order chi connectivity index (χ0) is 20.2. The van der Waals surface area contributed by atoms with Crippen LogP contribution in [-0.2, 0) is 19.9 Å². The van der Waals surface area contributed by atoms with Gasteiger partial charge in [-0.05, 0) is 42.7 Å². The third-order valence-corrected chi connectivity index (χ3v) is 8.51. The molecule has 3 rings (SSSR count). The molecule has 0 aliphatic carbocycles. The minimum Gasteiger partial charge on any atom is -0.493 e. The molecule has 0 aromatic heterocycles. The van der Waals surface area contributed by atoms with E-state index >= 15 is 0 Å². The lowest BCUT2D eigenvalue weighted by Crippen LogP contribution is -2.30. The molecule has 8 heteroatoms. The van der Waals surface area contributed by atoms with Crippen LogP contribution in [0, 0.1) is 0 Å². The summed E-state index contributed by atoms with van der Waals surface area (Å²) in [7, 11) is -6.71. The number of hydrogen-bond donors (Lipinski definition) is 0. The fourth-order valence-electron chi connectivity index (χ4n) is 3.31. The average Bonchev–Trinajstić information content (AvgIpc) is 3.20. The zero-order valence-electron chi connectivity index (χ0n) is 15.8. The van der Waals surface area contributed by atoms with Crippen molar-refractivity contribution in [1.29, 1.82) is 0 Å². The van der Waals surface area contributed by atoms with Crippen LogP contribution in [0.1, 0.15) is 31.4 Å². The van der Waals surface area contributed by atoms with Gasteiger partial charge >= 0.3 is 0 Å². The number of rotatable bonds is 8. The predicted molar refractivity (Wildman–Crippen MR) is 109 cm³/mol. The first-order chi connectivity index (χ1) is 13.3. The zero-order valence-corrected chi connectivity index (χ0v) is 17.5. The number of ether oxygens (including phenoxy) is 1. The lowest BCUT2D eigenvalue weighted by molar-refractivity contribution is 0.340. The Labute approximate surface area is 167 Å². The topological polar surface area (TPSA) is 80.8 Å². The normalized spacial score (nSPS) is 18.2. The molecule has 1 atom stereocenters. The van der Waals surface area contributed by atoms with Crippen molar-refractivity contribution in [2.45, 2.75) is 30.7 Å². The summed E-state index contributed by atoms with van der Waals surface area (Å²) < 4.78 is 56.3. The molecule has 0 saturated carbocycles. The highest BCUT2D eigenvalue weighted by atomic mass is 32.2. The van der Waals surface area contributed by atoms with Crippen molar-refractivity contribution in [3.05, 3.63) is 60.2 Å². The first-order valence-corrected chi connectivity index (χ1v) is 12.6. The average molecular weight is 424 g/mol. The summed E-state index contributed by atoms with van der Waals surface area (Å²) in [6, 6.07) is 15.7. The highest BCUT2D eigenvalue weighted by molar-refractivity contribution is 7.91. The maximum atomic E-state index is 13.1. The minimum absolute atomic E-state index is 0.0461. The lowest BCUT2D eigenvalue weighted by Gasteiger charge is -2.24. The summed E-state index contributed by atoms with van der Waals surface area (Å²) in [4.78, 5) is 0.212. The molecule has 0 N–H and O–H groups in total. The molecule has 28 heavy (non-hydrogen) atoms. The molecule has 0 amide bonds. The third kappa shape index (κ3) is 4.74. The van der Waals surface area contributed by atoms with Gasteiger partial charge < -0.3 is 4.74 Å². The molecule has 0 bridgehead atoms. The van der Waals surface area contributed by atoms with Crippen LogP contribution in [0.15, 0.2) is 59.5 Å². The van der Waals surface area contributed by atoms with Gasteiger partial charge in [-0.1, -0.05) is 37.3 Å². The van der Waals surface area contributed by atoms with Crippen LogP contribution in [-0.4, -0.2) is 45.8 Å². The lowest BCUT2D eigenvalue weighted by atomic mass is 10.1.